The van der Waals surface area contributed by atoms with Crippen molar-refractivity contribution in [3.63, 3.8) is 0 Å². The van der Waals surface area contributed by atoms with Crippen LogP contribution in [0.2, 0.25) is 0 Å². The summed E-state index contributed by atoms with van der Waals surface area (Å²) in [5.74, 6) is -1.03. The van der Waals surface area contributed by atoms with Gasteiger partial charge >= 0.3 is 0 Å². The van der Waals surface area contributed by atoms with Crippen molar-refractivity contribution in [1.29, 1.82) is 0 Å². The van der Waals surface area contributed by atoms with Gasteiger partial charge in [-0.2, -0.15) is 0 Å². The quantitative estimate of drug-likeness (QED) is 0.265. The number of phenols is 4. The second-order valence-corrected chi connectivity index (χ2v) is 7.52. The number of fused-ring (bicyclic) bond motifs is 2. The largest absolute Gasteiger partial charge is 0.504 e. The van der Waals surface area contributed by atoms with E-state index in [1.165, 1.54) is 12.1 Å². The smallest absolute Gasteiger partial charge is 0.174 e. The summed E-state index contributed by atoms with van der Waals surface area (Å²) >= 11 is 1.74. The number of aromatic hydroxyl groups is 4. The molecule has 0 unspecified atom stereocenters. The normalized spacial score (nSPS) is 11.3. The molecule has 0 spiro atoms. The molecule has 0 saturated heterocycles. The molecule has 4 aromatic rings. The van der Waals surface area contributed by atoms with E-state index in [2.05, 4.69) is 0 Å². The monoisotopic (exact) mass is 398 g/mol. The maximum atomic E-state index is 10.2. The van der Waals surface area contributed by atoms with Gasteiger partial charge in [0.1, 0.15) is 0 Å². The minimum absolute atomic E-state index is 0.240. The maximum Gasteiger partial charge on any atom is 0.174 e. The summed E-state index contributed by atoms with van der Waals surface area (Å²) < 4.78 is 5.58. The van der Waals surface area contributed by atoms with Crippen LogP contribution in [-0.4, -0.2) is 20.4 Å². The molecule has 0 atom stereocenters. The highest BCUT2D eigenvalue weighted by atomic mass is 32.2. The Balaban J connectivity index is 1.67. The number of benzene rings is 4. The van der Waals surface area contributed by atoms with Crippen molar-refractivity contribution in [2.75, 3.05) is 0 Å². The van der Waals surface area contributed by atoms with Gasteiger partial charge in [0.25, 0.3) is 0 Å². The van der Waals surface area contributed by atoms with E-state index in [4.69, 9.17) is 3.63 Å². The molecule has 4 N–H and O–H groups in total. The van der Waals surface area contributed by atoms with E-state index in [1.807, 2.05) is 48.5 Å². The molecule has 0 aliphatic heterocycles. The molecule has 0 aliphatic carbocycles. The van der Waals surface area contributed by atoms with Crippen LogP contribution in [0, 0.1) is 0 Å². The first kappa shape index (κ1) is 17.7. The van der Waals surface area contributed by atoms with Crippen LogP contribution in [0.5, 0.6) is 23.0 Å². The first-order valence-corrected chi connectivity index (χ1v) is 9.43. The maximum absolute atomic E-state index is 10.2. The number of rotatable bonds is 4. The Kier molecular flexibility index (Phi) is 4.65. The molecule has 0 fully saturated rings. The standard InChI is InChI=1S/C20H14O5S2/c21-15-9-11-5-1-3-7-13(11)19(17(15)23)26-25-27-20-14-8-4-2-6-12(14)10-16(22)18(20)24/h1-10,21-24H. The molecule has 0 radical (unpaired) electrons. The highest BCUT2D eigenvalue weighted by Gasteiger charge is 2.17. The van der Waals surface area contributed by atoms with Crippen molar-refractivity contribution in [1.82, 2.24) is 0 Å². The van der Waals surface area contributed by atoms with E-state index in [0.29, 0.717) is 9.79 Å². The van der Waals surface area contributed by atoms with Gasteiger partial charge in [0.2, 0.25) is 0 Å². The van der Waals surface area contributed by atoms with Crippen molar-refractivity contribution < 1.29 is 24.1 Å². The van der Waals surface area contributed by atoms with Crippen LogP contribution in [0.1, 0.15) is 0 Å². The zero-order valence-corrected chi connectivity index (χ0v) is 15.4. The molecule has 7 heteroatoms. The average Bonchev–Trinajstić information content (AvgIpc) is 2.67. The third-order valence-electron chi connectivity index (χ3n) is 4.15. The van der Waals surface area contributed by atoms with E-state index < -0.39 is 0 Å². The van der Waals surface area contributed by atoms with Gasteiger partial charge in [-0.3, -0.25) is 0 Å². The first-order chi connectivity index (χ1) is 13.1. The molecule has 0 aliphatic rings. The molecular weight excluding hydrogens is 384 g/mol. The lowest BCUT2D eigenvalue weighted by Gasteiger charge is -2.11. The molecule has 0 amide bonds. The Labute approximate surface area is 163 Å². The van der Waals surface area contributed by atoms with Gasteiger partial charge in [-0.05, 0) is 22.9 Å². The van der Waals surface area contributed by atoms with Gasteiger partial charge < -0.3 is 20.4 Å². The summed E-state index contributed by atoms with van der Waals surface area (Å²) in [7, 11) is 0. The Morgan fingerprint density at radius 2 is 1.00 bits per heavy atom. The number of phenolic OH excluding ortho intramolecular Hbond substituents is 4. The Bertz CT molecular complexity index is 1070. The van der Waals surface area contributed by atoms with E-state index >= 15 is 0 Å². The van der Waals surface area contributed by atoms with Crippen LogP contribution in [0.4, 0.5) is 0 Å². The Morgan fingerprint density at radius 3 is 1.44 bits per heavy atom. The second kappa shape index (κ2) is 7.11. The van der Waals surface area contributed by atoms with Crippen LogP contribution in [0.3, 0.4) is 0 Å². The van der Waals surface area contributed by atoms with E-state index in [0.717, 1.165) is 45.6 Å². The summed E-state index contributed by atoms with van der Waals surface area (Å²) in [4.78, 5) is 0.726. The summed E-state index contributed by atoms with van der Waals surface area (Å²) in [5, 5.41) is 43.3. The Morgan fingerprint density at radius 1 is 0.593 bits per heavy atom. The van der Waals surface area contributed by atoms with Gasteiger partial charge in [0.15, 0.2) is 23.0 Å². The summed E-state index contributed by atoms with van der Waals surface area (Å²) in [6.45, 7) is 0. The third kappa shape index (κ3) is 3.21. The van der Waals surface area contributed by atoms with Crippen molar-refractivity contribution in [3.05, 3.63) is 60.7 Å². The van der Waals surface area contributed by atoms with Crippen molar-refractivity contribution >= 4 is 45.6 Å². The molecule has 4 rings (SSSR count). The molecular formula is C20H14O5S2. The van der Waals surface area contributed by atoms with Gasteiger partial charge in [0.05, 0.1) is 9.79 Å². The van der Waals surface area contributed by atoms with Gasteiger partial charge in [-0.1, -0.05) is 48.5 Å². The minimum atomic E-state index is -0.274. The van der Waals surface area contributed by atoms with Crippen LogP contribution in [-0.2, 0) is 3.63 Å². The van der Waals surface area contributed by atoms with Crippen LogP contribution in [0.25, 0.3) is 21.5 Å². The predicted octanol–water partition coefficient (Wildman–Crippen LogP) is 5.55. The summed E-state index contributed by atoms with van der Waals surface area (Å²) in [6.07, 6.45) is 0. The molecule has 0 saturated carbocycles. The van der Waals surface area contributed by atoms with E-state index in [-0.39, 0.29) is 23.0 Å². The fraction of sp³-hybridized carbons (Fsp3) is 0. The predicted molar refractivity (Wildman–Crippen MR) is 107 cm³/mol. The summed E-state index contributed by atoms with van der Waals surface area (Å²) in [5.41, 5.74) is 0. The van der Waals surface area contributed by atoms with Crippen molar-refractivity contribution in [2.45, 2.75) is 9.79 Å². The fourth-order valence-corrected chi connectivity index (χ4v) is 4.43. The zero-order valence-electron chi connectivity index (χ0n) is 13.8. The highest BCUT2D eigenvalue weighted by molar-refractivity contribution is 8.08. The molecule has 0 heterocycles. The van der Waals surface area contributed by atoms with Crippen LogP contribution < -0.4 is 0 Å². The third-order valence-corrected chi connectivity index (χ3v) is 5.85. The highest BCUT2D eigenvalue weighted by Crippen LogP contribution is 2.47. The van der Waals surface area contributed by atoms with Crippen LogP contribution in [0.15, 0.2) is 70.5 Å². The average molecular weight is 398 g/mol. The van der Waals surface area contributed by atoms with Crippen molar-refractivity contribution in [2.24, 2.45) is 0 Å². The minimum Gasteiger partial charge on any atom is -0.504 e. The van der Waals surface area contributed by atoms with Gasteiger partial charge in [-0.15, -0.1) is 0 Å². The number of hydrogen-bond donors (Lipinski definition) is 4. The topological polar surface area (TPSA) is 90.2 Å². The molecule has 27 heavy (non-hydrogen) atoms. The number of hydrogen-bond acceptors (Lipinski definition) is 7. The second-order valence-electron chi connectivity index (χ2n) is 5.82. The Hall–Kier alpha value is -2.74. The lowest BCUT2D eigenvalue weighted by Crippen LogP contribution is -1.83. The van der Waals surface area contributed by atoms with Crippen molar-refractivity contribution in [3.8, 4) is 23.0 Å². The molecule has 0 aromatic heterocycles. The molecule has 4 aromatic carbocycles. The lowest BCUT2D eigenvalue weighted by atomic mass is 10.1. The fourth-order valence-electron chi connectivity index (χ4n) is 2.83. The molecule has 136 valence electrons. The SMILES string of the molecule is Oc1cc2ccccc2c(SOSc2c(O)c(O)cc3ccccc23)c1O. The zero-order chi connectivity index (χ0) is 19.0. The van der Waals surface area contributed by atoms with Gasteiger partial charge in [-0.25, -0.2) is 3.63 Å². The molecule has 0 bridgehead atoms. The van der Waals surface area contributed by atoms with E-state index in [1.54, 1.807) is 0 Å². The lowest BCUT2D eigenvalue weighted by molar-refractivity contribution is 0.395. The van der Waals surface area contributed by atoms with Crippen LogP contribution >= 0.6 is 24.1 Å². The molecule has 5 nitrogen and oxygen atoms in total. The van der Waals surface area contributed by atoms with Gasteiger partial charge in [0, 0.05) is 34.9 Å². The summed E-state index contributed by atoms with van der Waals surface area (Å²) in [6, 6.07) is 17.5. The first-order valence-electron chi connectivity index (χ1n) is 7.95. The van der Waals surface area contributed by atoms with E-state index in [9.17, 15) is 20.4 Å².